The van der Waals surface area contributed by atoms with E-state index in [2.05, 4.69) is 57.9 Å². The summed E-state index contributed by atoms with van der Waals surface area (Å²) in [6, 6.07) is 8.67. The highest BCUT2D eigenvalue weighted by Crippen LogP contribution is 2.34. The smallest absolute Gasteiger partial charge is 0.364 e. The van der Waals surface area contributed by atoms with Gasteiger partial charge in [0, 0.05) is 10.7 Å². The number of nitrogens with zero attached hydrogens (tertiary/aromatic N) is 2. The number of benzene rings is 2. The number of carbonyl (C=O) groups excluding carboxylic acids is 1. The number of alkyl halides is 2. The first kappa shape index (κ1) is 26.2. The number of H-pyrrole nitrogens is 1. The molecule has 9 nitrogen and oxygen atoms in total. The summed E-state index contributed by atoms with van der Waals surface area (Å²) < 4.78 is 18.2. The average Bonchev–Trinajstić information content (AvgIpc) is 2.79. The normalized spacial score (nSPS) is 10.9. The van der Waals surface area contributed by atoms with Crippen molar-refractivity contribution in [3.05, 3.63) is 72.5 Å². The second-order valence-corrected chi connectivity index (χ2v) is 9.31. The zero-order chi connectivity index (χ0) is 25.0. The molecule has 1 heterocycles. The van der Waals surface area contributed by atoms with Gasteiger partial charge < -0.3 is 14.2 Å². The van der Waals surface area contributed by atoms with Gasteiger partial charge in [0.1, 0.15) is 23.4 Å². The largest absolute Gasteiger partial charge is 0.496 e. The molecule has 3 rings (SSSR count). The zero-order valence-corrected chi connectivity index (χ0v) is 23.1. The lowest BCUT2D eigenvalue weighted by molar-refractivity contribution is 0.0385. The molecule has 34 heavy (non-hydrogen) atoms. The van der Waals surface area contributed by atoms with E-state index in [1.165, 1.54) is 0 Å². The number of nitrogens with one attached hydrogen (secondary N) is 1. The molecule has 2 aromatic carbocycles. The molecule has 180 valence electrons. The number of aromatic amines is 1. The van der Waals surface area contributed by atoms with E-state index in [0.717, 1.165) is 9.15 Å². The number of hydrogen-bond donors (Lipinski definition) is 1. The minimum Gasteiger partial charge on any atom is -0.496 e. The number of aromatic nitrogens is 3. The number of carbonyl (C=O) groups is 1. The molecule has 0 spiro atoms. The van der Waals surface area contributed by atoms with Crippen LogP contribution in [-0.4, -0.2) is 44.6 Å². The standard InChI is InChI=1S/C22H20Br3N3O6/c1-11-6-13(7-12(2)19(11)33-14-4-5-17(32-3)16(25)8-14)28-22(31)26-20(29)18(27-28)21(30)34-15(9-23)10-24/h4-8,15H,9-10H2,1-3H3,(H,26,29,31). The molecule has 0 aliphatic heterocycles. The molecule has 0 aliphatic rings. The summed E-state index contributed by atoms with van der Waals surface area (Å²) in [5.41, 5.74) is -0.455. The maximum Gasteiger partial charge on any atom is 0.364 e. The maximum absolute atomic E-state index is 12.5. The van der Waals surface area contributed by atoms with Crippen molar-refractivity contribution in [3.8, 4) is 22.9 Å². The second-order valence-electron chi connectivity index (χ2n) is 7.16. The van der Waals surface area contributed by atoms with Crippen LogP contribution >= 0.6 is 47.8 Å². The monoisotopic (exact) mass is 659 g/mol. The van der Waals surface area contributed by atoms with Crippen LogP contribution in [0.2, 0.25) is 0 Å². The van der Waals surface area contributed by atoms with Crippen molar-refractivity contribution >= 4 is 53.8 Å². The van der Waals surface area contributed by atoms with E-state index in [-0.39, 0.29) is 0 Å². The minimum atomic E-state index is -0.933. The van der Waals surface area contributed by atoms with Crippen molar-refractivity contribution in [1.82, 2.24) is 14.8 Å². The lowest BCUT2D eigenvalue weighted by Crippen LogP contribution is -2.37. The molecular weight excluding hydrogens is 642 g/mol. The molecule has 0 aliphatic carbocycles. The molecule has 0 radical (unpaired) electrons. The quantitative estimate of drug-likeness (QED) is 0.281. The molecule has 3 aromatic rings. The summed E-state index contributed by atoms with van der Waals surface area (Å²) in [5, 5.41) is 4.72. The molecule has 0 amide bonds. The number of halogens is 3. The van der Waals surface area contributed by atoms with E-state index in [4.69, 9.17) is 14.2 Å². The van der Waals surface area contributed by atoms with E-state index >= 15 is 0 Å². The van der Waals surface area contributed by atoms with Crippen LogP contribution in [0.1, 0.15) is 21.6 Å². The van der Waals surface area contributed by atoms with Crippen LogP contribution in [0.15, 0.2) is 44.4 Å². The van der Waals surface area contributed by atoms with Crippen LogP contribution < -0.4 is 20.7 Å². The van der Waals surface area contributed by atoms with Crippen molar-refractivity contribution in [1.29, 1.82) is 0 Å². The third-order valence-electron chi connectivity index (χ3n) is 4.67. The fraction of sp³-hybridized carbons (Fsp3) is 0.273. The third-order valence-corrected chi connectivity index (χ3v) is 6.74. The minimum absolute atomic E-state index is 0.353. The van der Waals surface area contributed by atoms with Gasteiger partial charge in [-0.1, -0.05) is 31.9 Å². The average molecular weight is 662 g/mol. The van der Waals surface area contributed by atoms with Crippen molar-refractivity contribution < 1.29 is 19.0 Å². The Labute approximate surface area is 219 Å². The maximum atomic E-state index is 12.5. The Bertz CT molecular complexity index is 1310. The summed E-state index contributed by atoms with van der Waals surface area (Å²) >= 11 is 9.89. The first-order valence-corrected chi connectivity index (χ1v) is 12.9. The van der Waals surface area contributed by atoms with Gasteiger partial charge in [0.15, 0.2) is 0 Å². The van der Waals surface area contributed by atoms with Gasteiger partial charge in [-0.3, -0.25) is 9.78 Å². The molecule has 0 fully saturated rings. The van der Waals surface area contributed by atoms with E-state index < -0.39 is 29.0 Å². The van der Waals surface area contributed by atoms with E-state index in [1.807, 2.05) is 13.8 Å². The topological polar surface area (TPSA) is 113 Å². The number of hydrogen-bond acceptors (Lipinski definition) is 7. The third kappa shape index (κ3) is 5.78. The summed E-state index contributed by atoms with van der Waals surface area (Å²) in [7, 11) is 1.58. The second kappa shape index (κ2) is 11.3. The fourth-order valence-electron chi connectivity index (χ4n) is 3.06. The highest BCUT2D eigenvalue weighted by Gasteiger charge is 2.21. The van der Waals surface area contributed by atoms with Crippen LogP contribution in [0.4, 0.5) is 0 Å². The number of aryl methyl sites for hydroxylation is 2. The van der Waals surface area contributed by atoms with Crippen LogP contribution in [-0.2, 0) is 4.74 Å². The zero-order valence-electron chi connectivity index (χ0n) is 18.4. The highest BCUT2D eigenvalue weighted by molar-refractivity contribution is 9.10. The molecule has 0 saturated carbocycles. The Morgan fingerprint density at radius 3 is 2.32 bits per heavy atom. The van der Waals surface area contributed by atoms with Gasteiger partial charge in [-0.25, -0.2) is 9.59 Å². The van der Waals surface area contributed by atoms with Crippen LogP contribution in [0.5, 0.6) is 17.2 Å². The summed E-state index contributed by atoms with van der Waals surface area (Å²) in [6.07, 6.45) is -0.506. The number of esters is 1. The van der Waals surface area contributed by atoms with Gasteiger partial charge >= 0.3 is 11.7 Å². The first-order valence-electron chi connectivity index (χ1n) is 9.88. The Morgan fingerprint density at radius 2 is 1.76 bits per heavy atom. The van der Waals surface area contributed by atoms with Crippen molar-refractivity contribution in [2.24, 2.45) is 0 Å². The first-order chi connectivity index (χ1) is 16.2. The highest BCUT2D eigenvalue weighted by atomic mass is 79.9. The van der Waals surface area contributed by atoms with Gasteiger partial charge in [0.2, 0.25) is 5.69 Å². The molecule has 0 unspecified atom stereocenters. The van der Waals surface area contributed by atoms with Crippen LogP contribution in [0.3, 0.4) is 0 Å². The molecule has 0 saturated heterocycles. The Balaban J connectivity index is 1.98. The van der Waals surface area contributed by atoms with E-state index in [0.29, 0.717) is 44.7 Å². The van der Waals surface area contributed by atoms with Crippen molar-refractivity contribution in [2.45, 2.75) is 20.0 Å². The van der Waals surface area contributed by atoms with Gasteiger partial charge in [0.05, 0.1) is 17.3 Å². The van der Waals surface area contributed by atoms with E-state index in [9.17, 15) is 14.4 Å². The lowest BCUT2D eigenvalue weighted by Gasteiger charge is -2.15. The van der Waals surface area contributed by atoms with Crippen LogP contribution in [0.25, 0.3) is 5.69 Å². The molecule has 1 N–H and O–H groups in total. The lowest BCUT2D eigenvalue weighted by atomic mass is 10.1. The number of ether oxygens (including phenoxy) is 3. The summed E-state index contributed by atoms with van der Waals surface area (Å²) in [4.78, 5) is 39.3. The van der Waals surface area contributed by atoms with Gasteiger partial charge in [-0.2, -0.15) is 9.78 Å². The predicted octanol–water partition coefficient (Wildman–Crippen LogP) is 4.42. The van der Waals surface area contributed by atoms with Gasteiger partial charge in [0.25, 0.3) is 5.56 Å². The molecule has 1 aromatic heterocycles. The predicted molar refractivity (Wildman–Crippen MR) is 137 cm³/mol. The van der Waals surface area contributed by atoms with Crippen LogP contribution in [0, 0.1) is 13.8 Å². The molecular formula is C22H20Br3N3O6. The Morgan fingerprint density at radius 1 is 1.12 bits per heavy atom. The molecule has 12 heteroatoms. The molecule has 0 bridgehead atoms. The Kier molecular flexibility index (Phi) is 8.72. The number of methoxy groups -OCH3 is 1. The summed E-state index contributed by atoms with van der Waals surface area (Å²) in [6.45, 7) is 3.62. The SMILES string of the molecule is COc1ccc(Oc2c(C)cc(-n3nc(C(=O)OC(CBr)CBr)c(=O)[nH]c3=O)cc2C)cc1Br. The van der Waals surface area contributed by atoms with Gasteiger partial charge in [-0.05, 0) is 71.2 Å². The fourth-order valence-corrected chi connectivity index (χ4v) is 4.92. The molecule has 0 atom stereocenters. The van der Waals surface area contributed by atoms with Crippen molar-refractivity contribution in [2.75, 3.05) is 17.8 Å². The van der Waals surface area contributed by atoms with Gasteiger partial charge in [-0.15, -0.1) is 0 Å². The summed E-state index contributed by atoms with van der Waals surface area (Å²) in [5.74, 6) is 0.921. The van der Waals surface area contributed by atoms with Crippen molar-refractivity contribution in [3.63, 3.8) is 0 Å². The van der Waals surface area contributed by atoms with E-state index in [1.54, 1.807) is 37.4 Å². The number of rotatable bonds is 8. The Hall–Kier alpha value is -2.44.